The van der Waals surface area contributed by atoms with Crippen molar-refractivity contribution in [3.8, 4) is 0 Å². The van der Waals surface area contributed by atoms with Crippen molar-refractivity contribution in [2.45, 2.75) is 57.9 Å². The van der Waals surface area contributed by atoms with Crippen LogP contribution in [0.15, 0.2) is 30.3 Å². The van der Waals surface area contributed by atoms with Gasteiger partial charge in [0.2, 0.25) is 17.7 Å². The number of hydrogen-bond donors (Lipinski definition) is 1. The second-order valence-corrected chi connectivity index (χ2v) is 8.35. The second-order valence-electron chi connectivity index (χ2n) is 8.35. The van der Waals surface area contributed by atoms with Gasteiger partial charge in [0.1, 0.15) is 0 Å². The number of piperidine rings is 1. The maximum Gasteiger partial charge on any atom is 0.242 e. The van der Waals surface area contributed by atoms with Crippen LogP contribution < -0.4 is 5.32 Å². The van der Waals surface area contributed by atoms with Gasteiger partial charge in [-0.2, -0.15) is 0 Å². The van der Waals surface area contributed by atoms with Gasteiger partial charge in [0, 0.05) is 32.5 Å². The summed E-state index contributed by atoms with van der Waals surface area (Å²) in [6.07, 6.45) is 5.72. The number of nitrogens with one attached hydrogen (secondary N) is 1. The molecule has 29 heavy (non-hydrogen) atoms. The molecule has 6 nitrogen and oxygen atoms in total. The highest BCUT2D eigenvalue weighted by atomic mass is 16.2. The van der Waals surface area contributed by atoms with Crippen molar-refractivity contribution < 1.29 is 14.4 Å². The third kappa shape index (κ3) is 6.31. The lowest BCUT2D eigenvalue weighted by atomic mass is 9.93. The first-order valence-corrected chi connectivity index (χ1v) is 10.9. The lowest BCUT2D eigenvalue weighted by Crippen LogP contribution is -2.46. The van der Waals surface area contributed by atoms with Crippen molar-refractivity contribution in [1.82, 2.24) is 15.1 Å². The number of likely N-dealkylation sites (tertiary alicyclic amines) is 2. The minimum atomic E-state index is -0.00321. The zero-order valence-corrected chi connectivity index (χ0v) is 17.4. The molecule has 0 saturated carbocycles. The van der Waals surface area contributed by atoms with Crippen molar-refractivity contribution in [2.75, 3.05) is 26.2 Å². The predicted molar refractivity (Wildman–Crippen MR) is 112 cm³/mol. The number of carbonyl (C=O) groups is 3. The van der Waals surface area contributed by atoms with Crippen molar-refractivity contribution in [3.63, 3.8) is 0 Å². The van der Waals surface area contributed by atoms with Gasteiger partial charge in [-0.1, -0.05) is 36.8 Å². The van der Waals surface area contributed by atoms with Gasteiger partial charge >= 0.3 is 0 Å². The smallest absolute Gasteiger partial charge is 0.242 e. The third-order valence-corrected chi connectivity index (χ3v) is 6.12. The van der Waals surface area contributed by atoms with E-state index in [4.69, 9.17) is 0 Å². The average molecular weight is 400 g/mol. The summed E-state index contributed by atoms with van der Waals surface area (Å²) in [5.41, 5.74) is 1.10. The van der Waals surface area contributed by atoms with Crippen LogP contribution in [0.3, 0.4) is 0 Å². The van der Waals surface area contributed by atoms with Gasteiger partial charge < -0.3 is 15.1 Å². The van der Waals surface area contributed by atoms with Crippen molar-refractivity contribution >= 4 is 17.7 Å². The summed E-state index contributed by atoms with van der Waals surface area (Å²) in [5.74, 6) is 0.527. The van der Waals surface area contributed by atoms with Crippen molar-refractivity contribution in [2.24, 2.45) is 5.92 Å². The molecule has 1 aromatic rings. The number of amides is 3. The summed E-state index contributed by atoms with van der Waals surface area (Å²) >= 11 is 0. The van der Waals surface area contributed by atoms with Crippen molar-refractivity contribution in [1.29, 1.82) is 0 Å². The van der Waals surface area contributed by atoms with Crippen LogP contribution in [0.2, 0.25) is 0 Å². The molecule has 0 bridgehead atoms. The summed E-state index contributed by atoms with van der Waals surface area (Å²) < 4.78 is 0. The zero-order valence-electron chi connectivity index (χ0n) is 17.4. The van der Waals surface area contributed by atoms with E-state index in [1.54, 1.807) is 4.90 Å². The van der Waals surface area contributed by atoms with Gasteiger partial charge in [0.05, 0.1) is 12.6 Å². The minimum Gasteiger partial charge on any atom is -0.350 e. The van der Waals surface area contributed by atoms with Gasteiger partial charge in [-0.25, -0.2) is 0 Å². The normalized spacial score (nSPS) is 19.6. The Balaban J connectivity index is 1.40. The molecule has 2 heterocycles. The van der Waals surface area contributed by atoms with E-state index in [0.717, 1.165) is 37.7 Å². The van der Waals surface area contributed by atoms with E-state index in [-0.39, 0.29) is 30.3 Å². The largest absolute Gasteiger partial charge is 0.350 e. The molecule has 2 saturated heterocycles. The molecule has 6 heteroatoms. The first-order valence-electron chi connectivity index (χ1n) is 10.9. The summed E-state index contributed by atoms with van der Waals surface area (Å²) in [6.45, 7) is 4.25. The summed E-state index contributed by atoms with van der Waals surface area (Å²) in [5, 5.41) is 3.08. The molecule has 2 fully saturated rings. The predicted octanol–water partition coefficient (Wildman–Crippen LogP) is 2.90. The molecular formula is C23H33N3O3. The molecule has 0 spiro atoms. The summed E-state index contributed by atoms with van der Waals surface area (Å²) in [6, 6.07) is 9.95. The van der Waals surface area contributed by atoms with Gasteiger partial charge in [0.25, 0.3) is 0 Å². The number of benzene rings is 1. The fourth-order valence-corrected chi connectivity index (χ4v) is 4.24. The number of rotatable bonds is 6. The number of hydrogen-bond acceptors (Lipinski definition) is 3. The van der Waals surface area contributed by atoms with Crippen molar-refractivity contribution in [3.05, 3.63) is 35.9 Å². The Morgan fingerprint density at radius 2 is 1.79 bits per heavy atom. The maximum absolute atomic E-state index is 12.6. The van der Waals surface area contributed by atoms with Crippen LogP contribution in [-0.2, 0) is 14.4 Å². The second kappa shape index (κ2) is 10.4. The first kappa shape index (κ1) is 21.3. The molecule has 1 aromatic carbocycles. The first-order chi connectivity index (χ1) is 14.0. The fraction of sp³-hybridized carbons (Fsp3) is 0.609. The molecule has 3 rings (SSSR count). The topological polar surface area (TPSA) is 69.7 Å². The van der Waals surface area contributed by atoms with E-state index in [2.05, 4.69) is 5.32 Å². The van der Waals surface area contributed by atoms with Gasteiger partial charge in [-0.15, -0.1) is 0 Å². The van der Waals surface area contributed by atoms with Crippen LogP contribution in [0, 0.1) is 5.92 Å². The standard InChI is InChI=1S/C23H33N3O3/c1-18(20-8-4-2-5-9-20)24-21(27)16-19-11-14-25(15-12-19)23(29)17-26-13-7-3-6-10-22(26)28/h2,4-5,8-9,18-19H,3,6-7,10-17H2,1H3,(H,24,27)/t18-/m0/s1. The van der Waals surface area contributed by atoms with Gasteiger partial charge in [-0.05, 0) is 44.1 Å². The molecule has 3 amide bonds. The Bertz CT molecular complexity index is 699. The van der Waals surface area contributed by atoms with Crippen LogP contribution >= 0.6 is 0 Å². The van der Waals surface area contributed by atoms with E-state index < -0.39 is 0 Å². The fourth-order valence-electron chi connectivity index (χ4n) is 4.24. The Hall–Kier alpha value is -2.37. The van der Waals surface area contributed by atoms with Crippen LogP contribution in [0.1, 0.15) is 63.5 Å². The molecule has 0 aliphatic carbocycles. The molecule has 0 unspecified atom stereocenters. The average Bonchev–Trinajstić information content (AvgIpc) is 2.93. The number of nitrogens with zero attached hydrogens (tertiary/aromatic N) is 2. The lowest BCUT2D eigenvalue weighted by molar-refractivity contribution is -0.141. The molecule has 2 aliphatic heterocycles. The van der Waals surface area contributed by atoms with E-state index in [1.165, 1.54) is 0 Å². The third-order valence-electron chi connectivity index (χ3n) is 6.12. The van der Waals surface area contributed by atoms with Crippen LogP contribution in [0.4, 0.5) is 0 Å². The SMILES string of the molecule is C[C@H](NC(=O)CC1CCN(C(=O)CN2CCCCCC2=O)CC1)c1ccccc1. The van der Waals surface area contributed by atoms with E-state index in [9.17, 15) is 14.4 Å². The number of carbonyl (C=O) groups excluding carboxylic acids is 3. The summed E-state index contributed by atoms with van der Waals surface area (Å²) in [4.78, 5) is 40.7. The van der Waals surface area contributed by atoms with E-state index >= 15 is 0 Å². The minimum absolute atomic E-state index is 0.00321. The van der Waals surface area contributed by atoms with Gasteiger partial charge in [-0.3, -0.25) is 14.4 Å². The van der Waals surface area contributed by atoms with E-state index in [1.807, 2.05) is 42.2 Å². The molecule has 158 valence electrons. The Morgan fingerprint density at radius 1 is 1.07 bits per heavy atom. The summed E-state index contributed by atoms with van der Waals surface area (Å²) in [7, 11) is 0. The van der Waals surface area contributed by atoms with E-state index in [0.29, 0.717) is 38.4 Å². The van der Waals surface area contributed by atoms with Crippen LogP contribution in [-0.4, -0.2) is 53.7 Å². The Morgan fingerprint density at radius 3 is 2.52 bits per heavy atom. The van der Waals surface area contributed by atoms with Crippen LogP contribution in [0.25, 0.3) is 0 Å². The molecule has 0 aromatic heterocycles. The quantitative estimate of drug-likeness (QED) is 0.800. The molecular weight excluding hydrogens is 366 g/mol. The molecule has 1 N–H and O–H groups in total. The molecule has 2 aliphatic rings. The Labute approximate surface area is 173 Å². The van der Waals surface area contributed by atoms with Gasteiger partial charge in [0.15, 0.2) is 0 Å². The van der Waals surface area contributed by atoms with Crippen LogP contribution in [0.5, 0.6) is 0 Å². The monoisotopic (exact) mass is 399 g/mol. The zero-order chi connectivity index (χ0) is 20.6. The highest BCUT2D eigenvalue weighted by molar-refractivity contribution is 5.85. The molecule has 0 radical (unpaired) electrons. The lowest BCUT2D eigenvalue weighted by Gasteiger charge is -2.33. The maximum atomic E-state index is 12.6. The Kier molecular flexibility index (Phi) is 7.67. The highest BCUT2D eigenvalue weighted by Crippen LogP contribution is 2.22. The highest BCUT2D eigenvalue weighted by Gasteiger charge is 2.27. The molecule has 1 atom stereocenters.